The van der Waals surface area contributed by atoms with Crippen molar-refractivity contribution in [3.63, 3.8) is 0 Å². The highest BCUT2D eigenvalue weighted by molar-refractivity contribution is 5.70. The molecule has 1 N–H and O–H groups in total. The maximum absolute atomic E-state index is 12.2. The standard InChI is InChI=1S/C45H74O5/c1-3-5-7-9-11-13-15-17-18-19-20-21-22-23-24-25-26-28-30-32-34-36-38-40-45(48)50-43(41-46)42-49-44(47)39-37-35-33-31-29-27-16-14-12-10-8-6-4-2/h5,7,11,13-14,16-18,20-21,23-24,26,28,43,46H,3-4,6,8-10,12,15,19,22,25,27,29-42H2,1-2H3/b7-5-,13-11-,16-14-,18-17-,21-20-,24-23-,28-26-. The van der Waals surface area contributed by atoms with Gasteiger partial charge in [-0.05, 0) is 89.9 Å². The molecular weight excluding hydrogens is 620 g/mol. The number of aliphatic hydroxyl groups is 1. The zero-order valence-corrected chi connectivity index (χ0v) is 32.1. The van der Waals surface area contributed by atoms with E-state index < -0.39 is 6.10 Å². The lowest BCUT2D eigenvalue weighted by Gasteiger charge is -2.15. The average Bonchev–Trinajstić information content (AvgIpc) is 3.12. The van der Waals surface area contributed by atoms with Crippen molar-refractivity contribution in [3.05, 3.63) is 85.1 Å². The third-order valence-electron chi connectivity index (χ3n) is 8.17. The first-order valence-electron chi connectivity index (χ1n) is 20.1. The van der Waals surface area contributed by atoms with Crippen LogP contribution in [0.15, 0.2) is 85.1 Å². The topological polar surface area (TPSA) is 72.8 Å². The van der Waals surface area contributed by atoms with Crippen LogP contribution < -0.4 is 0 Å². The number of hydrogen-bond acceptors (Lipinski definition) is 5. The Morgan fingerprint density at radius 3 is 1.32 bits per heavy atom. The van der Waals surface area contributed by atoms with Crippen LogP contribution in [0, 0.1) is 0 Å². The maximum atomic E-state index is 12.2. The summed E-state index contributed by atoms with van der Waals surface area (Å²) in [6.45, 7) is 3.96. The zero-order chi connectivity index (χ0) is 36.4. The summed E-state index contributed by atoms with van der Waals surface area (Å²) >= 11 is 0. The van der Waals surface area contributed by atoms with Crippen LogP contribution in [0.5, 0.6) is 0 Å². The van der Waals surface area contributed by atoms with Crippen molar-refractivity contribution in [2.45, 2.75) is 174 Å². The predicted octanol–water partition coefficient (Wildman–Crippen LogP) is 12.7. The Balaban J connectivity index is 3.67. The number of aliphatic hydroxyl groups excluding tert-OH is 1. The minimum atomic E-state index is -0.792. The summed E-state index contributed by atoms with van der Waals surface area (Å²) in [6.07, 6.45) is 55.0. The molecule has 0 saturated carbocycles. The first-order valence-corrected chi connectivity index (χ1v) is 20.1. The largest absolute Gasteiger partial charge is 0.462 e. The SMILES string of the molecule is CC/C=C\C/C=C\C/C=C\C/C=C\C/C=C\C/C=C\CCCCCCC(=O)OC(CO)COC(=O)CCCCCCC/C=C\CCCCCC. The van der Waals surface area contributed by atoms with E-state index in [4.69, 9.17) is 9.47 Å². The van der Waals surface area contributed by atoms with Crippen LogP contribution in [0.3, 0.4) is 0 Å². The Morgan fingerprint density at radius 2 is 0.860 bits per heavy atom. The van der Waals surface area contributed by atoms with Gasteiger partial charge in [0.15, 0.2) is 6.10 Å². The molecular formula is C45H74O5. The van der Waals surface area contributed by atoms with Gasteiger partial charge in [0.2, 0.25) is 0 Å². The average molecular weight is 695 g/mol. The van der Waals surface area contributed by atoms with E-state index in [-0.39, 0.29) is 25.2 Å². The summed E-state index contributed by atoms with van der Waals surface area (Å²) in [5, 5.41) is 9.55. The summed E-state index contributed by atoms with van der Waals surface area (Å²) in [7, 11) is 0. The fourth-order valence-electron chi connectivity index (χ4n) is 5.14. The molecule has 50 heavy (non-hydrogen) atoms. The van der Waals surface area contributed by atoms with Gasteiger partial charge in [-0.2, -0.15) is 0 Å². The Hall–Kier alpha value is -2.92. The summed E-state index contributed by atoms with van der Waals surface area (Å²) in [4.78, 5) is 24.2. The molecule has 0 aliphatic carbocycles. The van der Waals surface area contributed by atoms with Crippen molar-refractivity contribution in [1.29, 1.82) is 0 Å². The van der Waals surface area contributed by atoms with Gasteiger partial charge in [-0.25, -0.2) is 0 Å². The second-order valence-corrected chi connectivity index (χ2v) is 13.0. The molecule has 1 unspecified atom stereocenters. The van der Waals surface area contributed by atoms with Crippen molar-refractivity contribution in [2.24, 2.45) is 0 Å². The molecule has 0 spiro atoms. The molecule has 0 aromatic rings. The van der Waals surface area contributed by atoms with E-state index in [1.165, 1.54) is 44.9 Å². The zero-order valence-electron chi connectivity index (χ0n) is 32.1. The van der Waals surface area contributed by atoms with Crippen LogP contribution in [0.4, 0.5) is 0 Å². The number of carbonyl (C=O) groups is 2. The first-order chi connectivity index (χ1) is 24.6. The molecule has 0 bridgehead atoms. The van der Waals surface area contributed by atoms with Crippen molar-refractivity contribution < 1.29 is 24.2 Å². The van der Waals surface area contributed by atoms with Gasteiger partial charge >= 0.3 is 11.9 Å². The highest BCUT2D eigenvalue weighted by atomic mass is 16.6. The first kappa shape index (κ1) is 47.1. The highest BCUT2D eigenvalue weighted by Crippen LogP contribution is 2.11. The maximum Gasteiger partial charge on any atom is 0.306 e. The molecule has 0 amide bonds. The van der Waals surface area contributed by atoms with E-state index >= 15 is 0 Å². The van der Waals surface area contributed by atoms with Crippen LogP contribution in [0.2, 0.25) is 0 Å². The van der Waals surface area contributed by atoms with Gasteiger partial charge in [-0.1, -0.05) is 150 Å². The lowest BCUT2D eigenvalue weighted by molar-refractivity contribution is -0.161. The number of unbranched alkanes of at least 4 members (excludes halogenated alkanes) is 13. The summed E-state index contributed by atoms with van der Waals surface area (Å²) in [6, 6.07) is 0. The molecule has 0 saturated heterocycles. The lowest BCUT2D eigenvalue weighted by Crippen LogP contribution is -2.28. The van der Waals surface area contributed by atoms with Crippen molar-refractivity contribution in [3.8, 4) is 0 Å². The molecule has 0 radical (unpaired) electrons. The molecule has 0 rings (SSSR count). The second-order valence-electron chi connectivity index (χ2n) is 13.0. The quantitative estimate of drug-likeness (QED) is 0.0406. The molecule has 5 nitrogen and oxygen atoms in total. The van der Waals surface area contributed by atoms with Gasteiger partial charge in [-0.15, -0.1) is 0 Å². The van der Waals surface area contributed by atoms with Gasteiger partial charge in [0, 0.05) is 12.8 Å². The van der Waals surface area contributed by atoms with Crippen molar-refractivity contribution in [2.75, 3.05) is 13.2 Å². The summed E-state index contributed by atoms with van der Waals surface area (Å²) < 4.78 is 10.6. The minimum absolute atomic E-state index is 0.0855. The number of esters is 2. The van der Waals surface area contributed by atoms with Crippen LogP contribution in [-0.2, 0) is 19.1 Å². The van der Waals surface area contributed by atoms with Gasteiger partial charge in [0.05, 0.1) is 6.61 Å². The molecule has 0 aliphatic heterocycles. The smallest absolute Gasteiger partial charge is 0.306 e. The molecule has 0 heterocycles. The third kappa shape index (κ3) is 37.9. The molecule has 0 aliphatic rings. The normalized spacial score (nSPS) is 13.1. The van der Waals surface area contributed by atoms with E-state index in [9.17, 15) is 14.7 Å². The Labute approximate surface area is 307 Å². The number of rotatable bonds is 35. The van der Waals surface area contributed by atoms with E-state index in [0.717, 1.165) is 96.3 Å². The fourth-order valence-corrected chi connectivity index (χ4v) is 5.14. The Morgan fingerprint density at radius 1 is 0.480 bits per heavy atom. The van der Waals surface area contributed by atoms with Crippen LogP contribution >= 0.6 is 0 Å². The third-order valence-corrected chi connectivity index (χ3v) is 8.17. The molecule has 0 aromatic carbocycles. The monoisotopic (exact) mass is 695 g/mol. The number of carbonyl (C=O) groups excluding carboxylic acids is 2. The van der Waals surface area contributed by atoms with E-state index in [1.54, 1.807) is 0 Å². The number of hydrogen-bond donors (Lipinski definition) is 1. The van der Waals surface area contributed by atoms with Gasteiger partial charge in [0.1, 0.15) is 6.61 Å². The lowest BCUT2D eigenvalue weighted by atomic mass is 10.1. The van der Waals surface area contributed by atoms with Crippen LogP contribution in [0.1, 0.15) is 168 Å². The van der Waals surface area contributed by atoms with Crippen LogP contribution in [-0.4, -0.2) is 36.4 Å². The van der Waals surface area contributed by atoms with Crippen molar-refractivity contribution in [1.82, 2.24) is 0 Å². The van der Waals surface area contributed by atoms with E-state index in [1.807, 2.05) is 0 Å². The van der Waals surface area contributed by atoms with Gasteiger partial charge in [-0.3, -0.25) is 9.59 Å². The molecule has 284 valence electrons. The fraction of sp³-hybridized carbons (Fsp3) is 0.644. The second kappa shape index (κ2) is 40.5. The van der Waals surface area contributed by atoms with Crippen molar-refractivity contribution >= 4 is 11.9 Å². The Bertz CT molecular complexity index is 968. The summed E-state index contributed by atoms with van der Waals surface area (Å²) in [5.74, 6) is -0.638. The molecule has 1 atom stereocenters. The minimum Gasteiger partial charge on any atom is -0.462 e. The van der Waals surface area contributed by atoms with Gasteiger partial charge < -0.3 is 14.6 Å². The molecule has 5 heteroatoms. The summed E-state index contributed by atoms with van der Waals surface area (Å²) in [5.41, 5.74) is 0. The molecule has 0 fully saturated rings. The van der Waals surface area contributed by atoms with E-state index in [0.29, 0.717) is 12.8 Å². The van der Waals surface area contributed by atoms with Crippen LogP contribution in [0.25, 0.3) is 0 Å². The number of ether oxygens (including phenoxy) is 2. The predicted molar refractivity (Wildman–Crippen MR) is 214 cm³/mol. The highest BCUT2D eigenvalue weighted by Gasteiger charge is 2.16. The Kier molecular flexibility index (Phi) is 38.1. The van der Waals surface area contributed by atoms with Gasteiger partial charge in [0.25, 0.3) is 0 Å². The number of allylic oxidation sites excluding steroid dienone is 14. The molecule has 0 aromatic heterocycles. The van der Waals surface area contributed by atoms with E-state index in [2.05, 4.69) is 98.9 Å².